The third-order valence-corrected chi connectivity index (χ3v) is 2.96. The Morgan fingerprint density at radius 3 is 3.00 bits per heavy atom. The highest BCUT2D eigenvalue weighted by atomic mass is 79.9. The summed E-state index contributed by atoms with van der Waals surface area (Å²) in [4.78, 5) is 8.06. The standard InChI is InChI=1S/C8H8BrN5S/c9-6-1-5(2-11-3-6)4-15-8-12-7(10)13-14-8/h1-3H,4H2,(H3,10,12,13,14). The maximum atomic E-state index is 5.41. The number of H-pyrrole nitrogens is 1. The molecule has 2 aromatic heterocycles. The molecule has 0 bridgehead atoms. The van der Waals surface area contributed by atoms with Gasteiger partial charge in [-0.3, -0.25) is 4.98 Å². The van der Waals surface area contributed by atoms with E-state index in [-0.39, 0.29) is 0 Å². The lowest BCUT2D eigenvalue weighted by molar-refractivity contribution is 0.973. The second kappa shape index (κ2) is 4.63. The first kappa shape index (κ1) is 10.4. The molecule has 0 aliphatic heterocycles. The molecular weight excluding hydrogens is 278 g/mol. The molecule has 0 atom stereocenters. The van der Waals surface area contributed by atoms with Gasteiger partial charge in [-0.15, -0.1) is 5.10 Å². The first-order chi connectivity index (χ1) is 7.24. The molecule has 0 aliphatic rings. The number of nitrogens with one attached hydrogen (secondary N) is 1. The van der Waals surface area contributed by atoms with Crippen LogP contribution in [0.3, 0.4) is 0 Å². The van der Waals surface area contributed by atoms with E-state index >= 15 is 0 Å². The van der Waals surface area contributed by atoms with Gasteiger partial charge < -0.3 is 5.73 Å². The van der Waals surface area contributed by atoms with Gasteiger partial charge in [-0.1, -0.05) is 11.8 Å². The van der Waals surface area contributed by atoms with Crippen LogP contribution in [0.4, 0.5) is 5.95 Å². The quantitative estimate of drug-likeness (QED) is 0.841. The van der Waals surface area contributed by atoms with Gasteiger partial charge in [0.05, 0.1) is 0 Å². The van der Waals surface area contributed by atoms with E-state index in [2.05, 4.69) is 36.1 Å². The lowest BCUT2D eigenvalue weighted by Gasteiger charge is -1.97. The zero-order chi connectivity index (χ0) is 10.7. The fraction of sp³-hybridized carbons (Fsp3) is 0.125. The number of rotatable bonds is 3. The van der Waals surface area contributed by atoms with Gasteiger partial charge in [0.25, 0.3) is 0 Å². The number of nitrogens with two attached hydrogens (primary N) is 1. The van der Waals surface area contributed by atoms with Crippen LogP contribution in [-0.4, -0.2) is 20.2 Å². The number of nitrogen functional groups attached to an aromatic ring is 1. The van der Waals surface area contributed by atoms with Crippen molar-refractivity contribution in [3.05, 3.63) is 28.5 Å². The summed E-state index contributed by atoms with van der Waals surface area (Å²) in [6, 6.07) is 2.01. The second-order valence-corrected chi connectivity index (χ2v) is 4.66. The van der Waals surface area contributed by atoms with Crippen LogP contribution in [0.25, 0.3) is 0 Å². The van der Waals surface area contributed by atoms with Gasteiger partial charge in [-0.25, -0.2) is 5.10 Å². The SMILES string of the molecule is Nc1nc(SCc2cncc(Br)c2)n[nH]1. The molecule has 2 heterocycles. The molecule has 0 saturated heterocycles. The number of aromatic nitrogens is 4. The summed E-state index contributed by atoms with van der Waals surface area (Å²) in [6.07, 6.45) is 3.56. The average molecular weight is 286 g/mol. The van der Waals surface area contributed by atoms with Crippen molar-refractivity contribution in [3.8, 4) is 0 Å². The summed E-state index contributed by atoms with van der Waals surface area (Å²) in [5.74, 6) is 1.11. The fourth-order valence-electron chi connectivity index (χ4n) is 1.01. The van der Waals surface area contributed by atoms with Crippen molar-refractivity contribution in [2.75, 3.05) is 5.73 Å². The van der Waals surface area contributed by atoms with Gasteiger partial charge in [-0.2, -0.15) is 4.98 Å². The summed E-state index contributed by atoms with van der Waals surface area (Å²) in [5, 5.41) is 7.16. The summed E-state index contributed by atoms with van der Waals surface area (Å²) in [6.45, 7) is 0. The molecule has 5 nitrogen and oxygen atoms in total. The summed E-state index contributed by atoms with van der Waals surface area (Å²) in [5.41, 5.74) is 6.52. The number of halogens is 1. The Bertz CT molecular complexity index is 458. The first-order valence-electron chi connectivity index (χ1n) is 4.14. The third kappa shape index (κ3) is 2.93. The molecule has 2 aromatic rings. The number of aromatic amines is 1. The maximum Gasteiger partial charge on any atom is 0.216 e. The summed E-state index contributed by atoms with van der Waals surface area (Å²) >= 11 is 4.87. The number of hydrogen-bond donors (Lipinski definition) is 2. The van der Waals surface area contributed by atoms with E-state index in [1.165, 1.54) is 11.8 Å². The van der Waals surface area contributed by atoms with Crippen molar-refractivity contribution >= 4 is 33.6 Å². The highest BCUT2D eigenvalue weighted by Crippen LogP contribution is 2.20. The van der Waals surface area contributed by atoms with Gasteiger partial charge in [-0.05, 0) is 27.6 Å². The van der Waals surface area contributed by atoms with Crippen LogP contribution in [0.1, 0.15) is 5.56 Å². The zero-order valence-corrected chi connectivity index (χ0v) is 10.0. The Kier molecular flexibility index (Phi) is 3.22. The average Bonchev–Trinajstić information content (AvgIpc) is 2.62. The molecular formula is C8H8BrN5S. The number of nitrogens with zero attached hydrogens (tertiary/aromatic N) is 3. The van der Waals surface area contributed by atoms with Crippen LogP contribution in [0, 0.1) is 0 Å². The number of hydrogen-bond acceptors (Lipinski definition) is 5. The monoisotopic (exact) mass is 285 g/mol. The van der Waals surface area contributed by atoms with Gasteiger partial charge in [0.15, 0.2) is 0 Å². The molecule has 7 heteroatoms. The van der Waals surface area contributed by atoms with Crippen LogP contribution >= 0.6 is 27.7 Å². The second-order valence-electron chi connectivity index (χ2n) is 2.80. The van der Waals surface area contributed by atoms with Crippen molar-refractivity contribution in [2.45, 2.75) is 10.9 Å². The lowest BCUT2D eigenvalue weighted by atomic mass is 10.3. The Labute approximate surface area is 99.0 Å². The molecule has 2 rings (SSSR count). The van der Waals surface area contributed by atoms with Crippen LogP contribution in [-0.2, 0) is 5.75 Å². The Balaban J connectivity index is 1.99. The van der Waals surface area contributed by atoms with Crippen molar-refractivity contribution in [3.63, 3.8) is 0 Å². The fourth-order valence-corrected chi connectivity index (χ4v) is 2.14. The van der Waals surface area contributed by atoms with Crippen molar-refractivity contribution in [1.29, 1.82) is 0 Å². The Morgan fingerprint density at radius 1 is 1.47 bits per heavy atom. The van der Waals surface area contributed by atoms with E-state index in [0.29, 0.717) is 11.1 Å². The smallest absolute Gasteiger partial charge is 0.216 e. The van der Waals surface area contributed by atoms with E-state index in [1.54, 1.807) is 6.20 Å². The van der Waals surface area contributed by atoms with Crippen LogP contribution in [0.5, 0.6) is 0 Å². The Morgan fingerprint density at radius 2 is 2.33 bits per heavy atom. The predicted molar refractivity (Wildman–Crippen MR) is 62.3 cm³/mol. The van der Waals surface area contributed by atoms with Crippen LogP contribution in [0.2, 0.25) is 0 Å². The maximum absolute atomic E-state index is 5.41. The third-order valence-electron chi connectivity index (χ3n) is 1.61. The van der Waals surface area contributed by atoms with Crippen molar-refractivity contribution < 1.29 is 0 Å². The molecule has 3 N–H and O–H groups in total. The van der Waals surface area contributed by atoms with Gasteiger partial charge in [0.2, 0.25) is 11.1 Å². The first-order valence-corrected chi connectivity index (χ1v) is 5.92. The van der Waals surface area contributed by atoms with Crippen LogP contribution in [0.15, 0.2) is 28.1 Å². The topological polar surface area (TPSA) is 80.5 Å². The summed E-state index contributed by atoms with van der Waals surface area (Å²) < 4.78 is 0.968. The Hall–Kier alpha value is -1.08. The minimum Gasteiger partial charge on any atom is -0.368 e. The van der Waals surface area contributed by atoms with Crippen molar-refractivity contribution in [1.82, 2.24) is 20.2 Å². The molecule has 78 valence electrons. The minimum atomic E-state index is 0.338. The van der Waals surface area contributed by atoms with E-state index < -0.39 is 0 Å². The molecule has 0 spiro atoms. The highest BCUT2D eigenvalue weighted by Gasteiger charge is 2.02. The number of thioether (sulfide) groups is 1. The largest absolute Gasteiger partial charge is 0.368 e. The highest BCUT2D eigenvalue weighted by molar-refractivity contribution is 9.10. The minimum absolute atomic E-state index is 0.338. The van der Waals surface area contributed by atoms with Gasteiger partial charge >= 0.3 is 0 Å². The molecule has 15 heavy (non-hydrogen) atoms. The molecule has 0 aromatic carbocycles. The molecule has 0 unspecified atom stereocenters. The molecule has 0 radical (unpaired) electrons. The molecule has 0 amide bonds. The zero-order valence-electron chi connectivity index (χ0n) is 7.64. The van der Waals surface area contributed by atoms with Crippen molar-refractivity contribution in [2.24, 2.45) is 0 Å². The van der Waals surface area contributed by atoms with E-state index in [1.807, 2.05) is 12.3 Å². The molecule has 0 saturated carbocycles. The number of anilines is 1. The lowest BCUT2D eigenvalue weighted by Crippen LogP contribution is -1.86. The normalized spacial score (nSPS) is 10.5. The molecule has 0 fully saturated rings. The van der Waals surface area contributed by atoms with Gasteiger partial charge in [0.1, 0.15) is 0 Å². The van der Waals surface area contributed by atoms with E-state index in [9.17, 15) is 0 Å². The number of pyridine rings is 1. The molecule has 0 aliphatic carbocycles. The van der Waals surface area contributed by atoms with Crippen LogP contribution < -0.4 is 5.73 Å². The predicted octanol–water partition coefficient (Wildman–Crippen LogP) is 1.84. The summed E-state index contributed by atoms with van der Waals surface area (Å²) in [7, 11) is 0. The van der Waals surface area contributed by atoms with E-state index in [4.69, 9.17) is 5.73 Å². The van der Waals surface area contributed by atoms with E-state index in [0.717, 1.165) is 15.8 Å². The van der Waals surface area contributed by atoms with Gasteiger partial charge in [0, 0.05) is 22.6 Å².